The van der Waals surface area contributed by atoms with Crippen LogP contribution in [-0.4, -0.2) is 36.3 Å². The van der Waals surface area contributed by atoms with Gasteiger partial charge in [0.05, 0.1) is 22.6 Å². The predicted octanol–water partition coefficient (Wildman–Crippen LogP) is 5.37. The molecule has 0 aliphatic carbocycles. The summed E-state index contributed by atoms with van der Waals surface area (Å²) in [7, 11) is 0. The smallest absolute Gasteiger partial charge is 0.178 e. The summed E-state index contributed by atoms with van der Waals surface area (Å²) in [6.07, 6.45) is 5.20. The van der Waals surface area contributed by atoms with Crippen LogP contribution in [0.4, 0.5) is 0 Å². The molecule has 0 amide bonds. The minimum absolute atomic E-state index is 0.00694. The van der Waals surface area contributed by atoms with E-state index in [9.17, 15) is 4.79 Å². The first kappa shape index (κ1) is 25.8. The number of pyridine rings is 3. The van der Waals surface area contributed by atoms with Crippen LogP contribution in [-0.2, 0) is 0 Å². The number of aromatic nitrogens is 5. The molecule has 0 saturated heterocycles. The van der Waals surface area contributed by atoms with Gasteiger partial charge in [0.25, 0.3) is 0 Å². The molecule has 32 heavy (non-hydrogen) atoms. The predicted molar refractivity (Wildman–Crippen MR) is 136 cm³/mol. The lowest BCUT2D eigenvalue weighted by molar-refractivity contribution is 0.101. The zero-order valence-corrected chi connectivity index (χ0v) is 22.3. The third-order valence-corrected chi connectivity index (χ3v) is 5.34. The first-order valence-corrected chi connectivity index (χ1v) is 11.5. The summed E-state index contributed by atoms with van der Waals surface area (Å²) in [6.45, 7) is 5.25. The van der Waals surface area contributed by atoms with Crippen molar-refractivity contribution in [3.63, 3.8) is 0 Å². The van der Waals surface area contributed by atoms with Gasteiger partial charge in [0, 0.05) is 38.9 Å². The molecule has 0 atom stereocenters. The van der Waals surface area contributed by atoms with Crippen molar-refractivity contribution in [1.82, 2.24) is 24.8 Å². The molecule has 166 valence electrons. The number of nitrogens with zero attached hydrogens (tertiary/aromatic N) is 6. The number of carbonyl (C=O) groups is 1. The molecule has 0 aliphatic heterocycles. The van der Waals surface area contributed by atoms with Gasteiger partial charge in [0.2, 0.25) is 0 Å². The van der Waals surface area contributed by atoms with Crippen LogP contribution in [0.1, 0.15) is 35.7 Å². The summed E-state index contributed by atoms with van der Waals surface area (Å²) in [4.78, 5) is 18.7. The molecule has 0 saturated carbocycles. The molecule has 0 fully saturated rings. The monoisotopic (exact) mass is 623 g/mol. The quantitative estimate of drug-likeness (QED) is 0.139. The molecular weight excluding hydrogens is 606 g/mol. The van der Waals surface area contributed by atoms with Gasteiger partial charge in [-0.3, -0.25) is 14.8 Å². The van der Waals surface area contributed by atoms with Crippen molar-refractivity contribution in [2.75, 3.05) is 0 Å². The van der Waals surface area contributed by atoms with E-state index in [2.05, 4.69) is 73.2 Å². The second kappa shape index (κ2) is 12.5. The summed E-state index contributed by atoms with van der Waals surface area (Å²) >= 11 is 9.86. The number of hydrazone groups is 1. The largest absolute Gasteiger partial charge is 0.323 e. The molecule has 11 heteroatoms. The maximum Gasteiger partial charge on any atom is 0.178 e. The van der Waals surface area contributed by atoms with Gasteiger partial charge in [-0.25, -0.2) is 4.52 Å². The second-order valence-electron chi connectivity index (χ2n) is 6.35. The van der Waals surface area contributed by atoms with Crippen LogP contribution in [0.5, 0.6) is 0 Å². The number of nitrogens with two attached hydrogens (primary N) is 1. The summed E-state index contributed by atoms with van der Waals surface area (Å²) in [5.74, 6) is 5.07. The molecule has 0 bridgehead atoms. The molecule has 2 N–H and O–H groups in total. The van der Waals surface area contributed by atoms with E-state index < -0.39 is 0 Å². The Bertz CT molecular complexity index is 1210. The number of hydrogen-bond acceptors (Lipinski definition) is 7. The Morgan fingerprint density at radius 2 is 1.47 bits per heavy atom. The highest BCUT2D eigenvalue weighted by molar-refractivity contribution is 9.11. The van der Waals surface area contributed by atoms with E-state index >= 15 is 0 Å². The standard InChI is InChI=1S/C7H6BrN3.C7H8BrN3.C7H6BrNO/c1-5-7-3-2-6(8)4-11(7)10-9-5;1-5(11-9)7-3-2-6(8)4-10-7;1-5(10)7-3-2-6(8)4-9-7/h2-4H,1H3;2-4H,9H2,1H3;2-4H,1H3/b;11-5+;. The average molecular weight is 626 g/mol. The Labute approximate surface area is 210 Å². The highest BCUT2D eigenvalue weighted by Crippen LogP contribution is 2.12. The van der Waals surface area contributed by atoms with Crippen LogP contribution in [0.25, 0.3) is 5.52 Å². The van der Waals surface area contributed by atoms with Crippen LogP contribution in [0.15, 0.2) is 73.5 Å². The molecule has 4 aromatic heterocycles. The fourth-order valence-electron chi connectivity index (χ4n) is 2.23. The first-order chi connectivity index (χ1) is 15.2. The van der Waals surface area contributed by atoms with Gasteiger partial charge in [-0.1, -0.05) is 5.21 Å². The number of aryl methyl sites for hydroxylation is 1. The van der Waals surface area contributed by atoms with Crippen molar-refractivity contribution in [1.29, 1.82) is 0 Å². The van der Waals surface area contributed by atoms with E-state index in [1.165, 1.54) is 6.92 Å². The van der Waals surface area contributed by atoms with Crippen molar-refractivity contribution in [2.24, 2.45) is 10.9 Å². The zero-order chi connectivity index (χ0) is 23.7. The average Bonchev–Trinajstić information content (AvgIpc) is 3.14. The molecule has 4 heterocycles. The van der Waals surface area contributed by atoms with Crippen molar-refractivity contribution >= 4 is 64.8 Å². The van der Waals surface area contributed by atoms with Crippen molar-refractivity contribution < 1.29 is 4.79 Å². The highest BCUT2D eigenvalue weighted by Gasteiger charge is 1.99. The lowest BCUT2D eigenvalue weighted by atomic mass is 10.3. The fraction of sp³-hybridized carbons (Fsp3) is 0.143. The molecule has 0 radical (unpaired) electrons. The summed E-state index contributed by atoms with van der Waals surface area (Å²) < 4.78 is 4.60. The SMILES string of the molecule is C/C(=N\N)c1ccc(Br)cn1.CC(=O)c1ccc(Br)cn1.Cc1nnn2cc(Br)ccc12. The summed E-state index contributed by atoms with van der Waals surface area (Å²) in [6, 6.07) is 11.2. The molecule has 4 rings (SSSR count). The number of rotatable bonds is 2. The van der Waals surface area contributed by atoms with Gasteiger partial charge in [0.1, 0.15) is 5.69 Å². The number of Topliss-reactive ketones (excluding diaryl/α,β-unsaturated/α-hetero) is 1. The summed E-state index contributed by atoms with van der Waals surface area (Å²) in [5, 5.41) is 11.4. The fourth-order valence-corrected chi connectivity index (χ4v) is 3.03. The normalized spacial score (nSPS) is 10.6. The zero-order valence-electron chi connectivity index (χ0n) is 17.5. The number of halogens is 3. The van der Waals surface area contributed by atoms with Crippen LogP contribution >= 0.6 is 47.8 Å². The van der Waals surface area contributed by atoms with E-state index in [0.717, 1.165) is 36.0 Å². The third-order valence-electron chi connectivity index (χ3n) is 3.93. The number of fused-ring (bicyclic) bond motifs is 1. The molecule has 8 nitrogen and oxygen atoms in total. The van der Waals surface area contributed by atoms with Gasteiger partial charge >= 0.3 is 0 Å². The number of carbonyl (C=O) groups excluding carboxylic acids is 1. The molecule has 0 spiro atoms. The topological polar surface area (TPSA) is 111 Å². The molecule has 4 aromatic rings. The number of ketones is 1. The Morgan fingerprint density at radius 3 is 1.97 bits per heavy atom. The lowest BCUT2D eigenvalue weighted by Gasteiger charge is -1.96. The minimum Gasteiger partial charge on any atom is -0.323 e. The second-order valence-corrected chi connectivity index (χ2v) is 9.09. The molecule has 0 aliphatic rings. The van der Waals surface area contributed by atoms with E-state index in [4.69, 9.17) is 5.84 Å². The van der Waals surface area contributed by atoms with E-state index in [-0.39, 0.29) is 5.78 Å². The summed E-state index contributed by atoms with van der Waals surface area (Å²) in [5.41, 5.74) is 4.04. The Kier molecular flexibility index (Phi) is 10.1. The Hall–Kier alpha value is -2.50. The lowest BCUT2D eigenvalue weighted by Crippen LogP contribution is -2.00. The minimum atomic E-state index is -0.00694. The van der Waals surface area contributed by atoms with Gasteiger partial charge in [-0.15, -0.1) is 5.10 Å². The van der Waals surface area contributed by atoms with Crippen molar-refractivity contribution in [2.45, 2.75) is 20.8 Å². The molecule has 0 unspecified atom stereocenters. The molecule has 0 aromatic carbocycles. The maximum absolute atomic E-state index is 10.7. The molecular formula is C21H20Br3N7O. The highest BCUT2D eigenvalue weighted by atomic mass is 79.9. The van der Waals surface area contributed by atoms with Crippen LogP contribution in [0.2, 0.25) is 0 Å². The van der Waals surface area contributed by atoms with Crippen LogP contribution in [0.3, 0.4) is 0 Å². The maximum atomic E-state index is 10.7. The Morgan fingerprint density at radius 1 is 0.906 bits per heavy atom. The van der Waals surface area contributed by atoms with Gasteiger partial charge < -0.3 is 5.84 Å². The van der Waals surface area contributed by atoms with E-state index in [1.54, 1.807) is 29.0 Å². The van der Waals surface area contributed by atoms with E-state index in [1.807, 2.05) is 44.3 Å². The third kappa shape index (κ3) is 7.88. The van der Waals surface area contributed by atoms with Gasteiger partial charge in [0.15, 0.2) is 5.78 Å². The first-order valence-electron chi connectivity index (χ1n) is 9.17. The van der Waals surface area contributed by atoms with Gasteiger partial charge in [-0.05, 0) is 98.0 Å². The van der Waals surface area contributed by atoms with Crippen LogP contribution in [0, 0.1) is 6.92 Å². The van der Waals surface area contributed by atoms with Crippen molar-refractivity contribution in [3.05, 3.63) is 85.5 Å². The Balaban J connectivity index is 0.000000170. The van der Waals surface area contributed by atoms with Gasteiger partial charge in [-0.2, -0.15) is 5.10 Å². The van der Waals surface area contributed by atoms with E-state index in [0.29, 0.717) is 5.69 Å². The van der Waals surface area contributed by atoms with Crippen LogP contribution < -0.4 is 5.84 Å². The van der Waals surface area contributed by atoms with Crippen molar-refractivity contribution in [3.8, 4) is 0 Å². The number of hydrogen-bond donors (Lipinski definition) is 1.